The van der Waals surface area contributed by atoms with Gasteiger partial charge in [0.25, 0.3) is 0 Å². The van der Waals surface area contributed by atoms with Gasteiger partial charge < -0.3 is 10.0 Å². The van der Waals surface area contributed by atoms with Gasteiger partial charge in [-0.05, 0) is 51.5 Å². The molecule has 112 valence electrons. The number of likely N-dealkylation sites (tertiary alicyclic amines) is 1. The summed E-state index contributed by atoms with van der Waals surface area (Å²) < 4.78 is 27.3. The monoisotopic (exact) mass is 318 g/mol. The van der Waals surface area contributed by atoms with Crippen molar-refractivity contribution in [3.63, 3.8) is 0 Å². The van der Waals surface area contributed by atoms with Crippen molar-refractivity contribution in [2.24, 2.45) is 0 Å². The Morgan fingerprint density at radius 1 is 1.45 bits per heavy atom. The second-order valence-corrected chi connectivity index (χ2v) is 8.07. The summed E-state index contributed by atoms with van der Waals surface area (Å²) in [5, 5.41) is 8.98. The molecule has 1 aromatic heterocycles. The van der Waals surface area contributed by atoms with Gasteiger partial charge in [0.1, 0.15) is 9.09 Å². The lowest BCUT2D eigenvalue weighted by Crippen LogP contribution is -2.43. The minimum atomic E-state index is -3.63. The van der Waals surface area contributed by atoms with Crippen molar-refractivity contribution in [3.05, 3.63) is 16.5 Å². The number of hydrogen-bond donors (Lipinski definition) is 2. The lowest BCUT2D eigenvalue weighted by molar-refractivity contribution is 0.0701. The average molecular weight is 318 g/mol. The smallest absolute Gasteiger partial charge is 0.346 e. The number of nitrogens with zero attached hydrogens (tertiary/aromatic N) is 1. The first-order valence-corrected chi connectivity index (χ1v) is 8.64. The van der Waals surface area contributed by atoms with Gasteiger partial charge in [0, 0.05) is 6.04 Å². The number of hydrogen-bond acceptors (Lipinski definition) is 5. The Bertz CT molecular complexity index is 601. The van der Waals surface area contributed by atoms with E-state index in [1.165, 1.54) is 6.07 Å². The third kappa shape index (κ3) is 3.38. The Morgan fingerprint density at radius 2 is 2.05 bits per heavy atom. The predicted octanol–water partition coefficient (Wildman–Crippen LogP) is 1.13. The number of rotatable bonds is 4. The van der Waals surface area contributed by atoms with Crippen LogP contribution in [0.3, 0.4) is 0 Å². The first-order valence-electron chi connectivity index (χ1n) is 6.34. The van der Waals surface area contributed by atoms with Crippen LogP contribution in [0.1, 0.15) is 28.1 Å². The van der Waals surface area contributed by atoms with E-state index in [9.17, 15) is 13.2 Å². The summed E-state index contributed by atoms with van der Waals surface area (Å²) in [6, 6.07) is 1.35. The van der Waals surface area contributed by atoms with Gasteiger partial charge in [-0.25, -0.2) is 17.9 Å². The number of sulfonamides is 1. The van der Waals surface area contributed by atoms with Gasteiger partial charge in [0.2, 0.25) is 10.0 Å². The number of carboxylic acid groups (broad SMARTS) is 1. The molecule has 6 nitrogen and oxygen atoms in total. The summed E-state index contributed by atoms with van der Waals surface area (Å²) in [4.78, 5) is 13.2. The standard InChI is InChI=1S/C12H18N2O4S2/c1-8-7-10(19-11(8)12(15)16)20(17,18)13-9-3-5-14(2)6-4-9/h7,9,13H,3-6H2,1-2H3,(H,15,16). The number of aromatic carboxylic acids is 1. The zero-order valence-electron chi connectivity index (χ0n) is 11.4. The maximum atomic E-state index is 12.3. The molecular weight excluding hydrogens is 300 g/mol. The number of thiophene rings is 1. The van der Waals surface area contributed by atoms with Crippen molar-refractivity contribution in [2.45, 2.75) is 30.0 Å². The number of aryl methyl sites for hydroxylation is 1. The normalized spacial score (nSPS) is 18.3. The highest BCUT2D eigenvalue weighted by Gasteiger charge is 2.26. The minimum absolute atomic E-state index is 0.0753. The second kappa shape index (κ2) is 5.80. The highest BCUT2D eigenvalue weighted by Crippen LogP contribution is 2.26. The first-order chi connectivity index (χ1) is 9.29. The Kier molecular flexibility index (Phi) is 4.48. The summed E-state index contributed by atoms with van der Waals surface area (Å²) >= 11 is 0.803. The SMILES string of the molecule is Cc1cc(S(=O)(=O)NC2CCN(C)CC2)sc1C(=O)O. The second-order valence-electron chi connectivity index (χ2n) is 5.08. The van der Waals surface area contributed by atoms with Gasteiger partial charge in [0.15, 0.2) is 0 Å². The predicted molar refractivity (Wildman–Crippen MR) is 76.9 cm³/mol. The van der Waals surface area contributed by atoms with E-state index >= 15 is 0 Å². The zero-order chi connectivity index (χ0) is 14.9. The molecule has 1 saturated heterocycles. The van der Waals surface area contributed by atoms with E-state index in [-0.39, 0.29) is 15.1 Å². The van der Waals surface area contributed by atoms with Crippen molar-refractivity contribution in [1.82, 2.24) is 9.62 Å². The molecule has 0 bridgehead atoms. The fourth-order valence-electron chi connectivity index (χ4n) is 2.20. The van der Waals surface area contributed by atoms with Gasteiger partial charge in [-0.2, -0.15) is 0 Å². The maximum absolute atomic E-state index is 12.3. The van der Waals surface area contributed by atoms with Crippen molar-refractivity contribution in [1.29, 1.82) is 0 Å². The van der Waals surface area contributed by atoms with Gasteiger partial charge in [-0.3, -0.25) is 0 Å². The van der Waals surface area contributed by atoms with Crippen molar-refractivity contribution >= 4 is 27.3 Å². The van der Waals surface area contributed by atoms with Crippen molar-refractivity contribution in [2.75, 3.05) is 20.1 Å². The topological polar surface area (TPSA) is 86.7 Å². The van der Waals surface area contributed by atoms with E-state index in [2.05, 4.69) is 9.62 Å². The quantitative estimate of drug-likeness (QED) is 0.869. The van der Waals surface area contributed by atoms with Gasteiger partial charge in [-0.1, -0.05) is 0 Å². The number of piperidine rings is 1. The molecule has 8 heteroatoms. The van der Waals surface area contributed by atoms with Crippen LogP contribution in [0, 0.1) is 6.92 Å². The number of nitrogens with one attached hydrogen (secondary N) is 1. The van der Waals surface area contributed by atoms with Gasteiger partial charge in [0.05, 0.1) is 0 Å². The summed E-state index contributed by atoms with van der Waals surface area (Å²) in [5.41, 5.74) is 0.478. The molecule has 20 heavy (non-hydrogen) atoms. The molecule has 0 aliphatic carbocycles. The lowest BCUT2D eigenvalue weighted by Gasteiger charge is -2.29. The highest BCUT2D eigenvalue weighted by atomic mass is 32.2. The molecule has 0 atom stereocenters. The van der Waals surface area contributed by atoms with Crippen LogP contribution < -0.4 is 4.72 Å². The highest BCUT2D eigenvalue weighted by molar-refractivity contribution is 7.91. The molecule has 2 heterocycles. The molecule has 1 aromatic rings. The van der Waals surface area contributed by atoms with Crippen LogP contribution in [-0.4, -0.2) is 50.6 Å². The molecule has 0 amide bonds. The number of carboxylic acids is 1. The fourth-order valence-corrected chi connectivity index (χ4v) is 4.90. The van der Waals surface area contributed by atoms with Crippen LogP contribution in [0.15, 0.2) is 10.3 Å². The summed E-state index contributed by atoms with van der Waals surface area (Å²) in [6.07, 6.45) is 1.54. The summed E-state index contributed by atoms with van der Waals surface area (Å²) in [7, 11) is -1.62. The van der Waals surface area contributed by atoms with Crippen LogP contribution >= 0.6 is 11.3 Å². The van der Waals surface area contributed by atoms with Crippen LogP contribution in [0.25, 0.3) is 0 Å². The van der Waals surface area contributed by atoms with E-state index in [1.54, 1.807) is 6.92 Å². The van der Waals surface area contributed by atoms with Gasteiger partial charge >= 0.3 is 5.97 Å². The molecule has 1 aliphatic rings. The molecule has 1 fully saturated rings. The minimum Gasteiger partial charge on any atom is -0.477 e. The summed E-state index contributed by atoms with van der Waals surface area (Å²) in [6.45, 7) is 3.32. The van der Waals surface area contributed by atoms with E-state index < -0.39 is 16.0 Å². The molecule has 0 saturated carbocycles. The molecule has 2 N–H and O–H groups in total. The molecule has 1 aliphatic heterocycles. The van der Waals surface area contributed by atoms with Crippen LogP contribution in [0.5, 0.6) is 0 Å². The van der Waals surface area contributed by atoms with E-state index in [0.717, 1.165) is 37.3 Å². The van der Waals surface area contributed by atoms with E-state index in [0.29, 0.717) is 5.56 Å². The molecule has 0 spiro atoms. The van der Waals surface area contributed by atoms with Crippen LogP contribution in [-0.2, 0) is 10.0 Å². The molecular formula is C12H18N2O4S2. The molecule has 2 rings (SSSR count). The Labute approximate surface area is 122 Å². The largest absolute Gasteiger partial charge is 0.477 e. The van der Waals surface area contributed by atoms with E-state index in [1.807, 2.05) is 7.05 Å². The molecule has 0 aromatic carbocycles. The van der Waals surface area contributed by atoms with Crippen LogP contribution in [0.2, 0.25) is 0 Å². The molecule has 0 unspecified atom stereocenters. The van der Waals surface area contributed by atoms with Crippen molar-refractivity contribution < 1.29 is 18.3 Å². The zero-order valence-corrected chi connectivity index (χ0v) is 13.1. The third-order valence-corrected chi connectivity index (χ3v) is 6.61. The molecule has 0 radical (unpaired) electrons. The summed E-state index contributed by atoms with van der Waals surface area (Å²) in [5.74, 6) is -1.09. The lowest BCUT2D eigenvalue weighted by atomic mass is 10.1. The number of carbonyl (C=O) groups is 1. The maximum Gasteiger partial charge on any atom is 0.346 e. The first kappa shape index (κ1) is 15.4. The fraction of sp³-hybridized carbons (Fsp3) is 0.583. The van der Waals surface area contributed by atoms with Crippen molar-refractivity contribution in [3.8, 4) is 0 Å². The average Bonchev–Trinajstić information content (AvgIpc) is 2.75. The third-order valence-electron chi connectivity index (χ3n) is 3.39. The Morgan fingerprint density at radius 3 is 2.55 bits per heavy atom. The van der Waals surface area contributed by atoms with E-state index in [4.69, 9.17) is 5.11 Å². The Hall–Kier alpha value is -0.960. The Balaban J connectivity index is 2.14. The van der Waals surface area contributed by atoms with Gasteiger partial charge in [-0.15, -0.1) is 11.3 Å². The van der Waals surface area contributed by atoms with Crippen LogP contribution in [0.4, 0.5) is 0 Å².